The van der Waals surface area contributed by atoms with Gasteiger partial charge in [0.15, 0.2) is 11.5 Å². The lowest BCUT2D eigenvalue weighted by molar-refractivity contribution is -0.125. The van der Waals surface area contributed by atoms with Crippen LogP contribution in [0.1, 0.15) is 69.2 Å². The van der Waals surface area contributed by atoms with Gasteiger partial charge in [0.2, 0.25) is 5.91 Å². The van der Waals surface area contributed by atoms with Crippen molar-refractivity contribution in [1.29, 1.82) is 0 Å². The van der Waals surface area contributed by atoms with Crippen LogP contribution in [0.2, 0.25) is 0 Å². The van der Waals surface area contributed by atoms with E-state index in [2.05, 4.69) is 40.8 Å². The van der Waals surface area contributed by atoms with Crippen molar-refractivity contribution in [3.63, 3.8) is 0 Å². The van der Waals surface area contributed by atoms with Crippen molar-refractivity contribution in [2.45, 2.75) is 70.4 Å². The number of fused-ring (bicyclic) bond motifs is 1. The fourth-order valence-corrected chi connectivity index (χ4v) is 5.67. The van der Waals surface area contributed by atoms with Gasteiger partial charge in [-0.2, -0.15) is 0 Å². The number of aromatic nitrogens is 2. The summed E-state index contributed by atoms with van der Waals surface area (Å²) in [7, 11) is 3.33. The molecule has 6 heteroatoms. The van der Waals surface area contributed by atoms with Crippen LogP contribution in [0.3, 0.4) is 0 Å². The smallest absolute Gasteiger partial charge is 0.222 e. The standard InChI is InChI=1S/C25H35N3O3/c1-16(2)25-26-12-14-28(25)13-11-22(29)27-24-19-8-6-5-7-18(19)23(24)17-9-10-20(30-3)21(15-17)31-4/h9-10,12,14-16,18-19,23-24H,5-8,11,13H2,1-4H3,(H,27,29)/t18?,19?,23-,24-/m0/s1. The van der Waals surface area contributed by atoms with Gasteiger partial charge in [0.1, 0.15) is 5.82 Å². The van der Waals surface area contributed by atoms with Gasteiger partial charge in [0.05, 0.1) is 14.2 Å². The minimum atomic E-state index is 0.128. The number of rotatable bonds is 8. The molecule has 1 heterocycles. The number of methoxy groups -OCH3 is 2. The number of nitrogens with one attached hydrogen (secondary N) is 1. The largest absolute Gasteiger partial charge is 0.493 e. The van der Waals surface area contributed by atoms with Crippen LogP contribution in [0, 0.1) is 11.8 Å². The van der Waals surface area contributed by atoms with Crippen LogP contribution in [0.4, 0.5) is 0 Å². The predicted octanol–water partition coefficient (Wildman–Crippen LogP) is 4.50. The fraction of sp³-hybridized carbons (Fsp3) is 0.600. The van der Waals surface area contributed by atoms with Crippen molar-refractivity contribution in [2.75, 3.05) is 14.2 Å². The van der Waals surface area contributed by atoms with E-state index in [1.165, 1.54) is 31.2 Å². The van der Waals surface area contributed by atoms with Gasteiger partial charge in [-0.25, -0.2) is 4.98 Å². The molecular weight excluding hydrogens is 390 g/mol. The lowest BCUT2D eigenvalue weighted by Gasteiger charge is -2.55. The molecule has 1 aromatic heterocycles. The Morgan fingerprint density at radius 3 is 2.61 bits per heavy atom. The SMILES string of the molecule is COc1ccc([C@H]2C3CCCCC3[C@@H]2NC(=O)CCn2ccnc2C(C)C)cc1OC. The van der Waals surface area contributed by atoms with Gasteiger partial charge in [0, 0.05) is 43.2 Å². The second kappa shape index (κ2) is 9.33. The summed E-state index contributed by atoms with van der Waals surface area (Å²) in [5.74, 6) is 4.57. The third-order valence-corrected chi connectivity index (χ3v) is 7.15. The summed E-state index contributed by atoms with van der Waals surface area (Å²) in [6.07, 6.45) is 9.25. The lowest BCUT2D eigenvalue weighted by atomic mass is 9.53. The molecule has 4 rings (SSSR count). The molecule has 0 spiro atoms. The molecule has 0 saturated heterocycles. The Morgan fingerprint density at radius 1 is 1.16 bits per heavy atom. The highest BCUT2D eigenvalue weighted by Crippen LogP contribution is 2.55. The molecule has 168 valence electrons. The number of carbonyl (C=O) groups is 1. The normalized spacial score (nSPS) is 24.9. The Kier molecular flexibility index (Phi) is 6.54. The maximum absolute atomic E-state index is 12.9. The number of hydrogen-bond donors (Lipinski definition) is 1. The van der Waals surface area contributed by atoms with Crippen molar-refractivity contribution in [3.8, 4) is 11.5 Å². The Morgan fingerprint density at radius 2 is 1.90 bits per heavy atom. The highest BCUT2D eigenvalue weighted by molar-refractivity contribution is 5.76. The molecule has 0 radical (unpaired) electrons. The van der Waals surface area contributed by atoms with Gasteiger partial charge in [-0.15, -0.1) is 0 Å². The van der Waals surface area contributed by atoms with Gasteiger partial charge in [-0.3, -0.25) is 4.79 Å². The average molecular weight is 426 g/mol. The minimum absolute atomic E-state index is 0.128. The van der Waals surface area contributed by atoms with Crippen LogP contribution in [-0.4, -0.2) is 35.7 Å². The summed E-state index contributed by atoms with van der Waals surface area (Å²) in [6, 6.07) is 6.41. The average Bonchev–Trinajstić information content (AvgIpc) is 3.25. The molecular formula is C25H35N3O3. The van der Waals surface area contributed by atoms with Crippen molar-refractivity contribution < 1.29 is 14.3 Å². The zero-order chi connectivity index (χ0) is 22.0. The first kappa shape index (κ1) is 21.7. The van der Waals surface area contributed by atoms with E-state index < -0.39 is 0 Å². The number of nitrogens with zero attached hydrogens (tertiary/aromatic N) is 2. The monoisotopic (exact) mass is 425 g/mol. The lowest BCUT2D eigenvalue weighted by Crippen LogP contribution is -2.59. The van der Waals surface area contributed by atoms with Crippen LogP contribution in [-0.2, 0) is 11.3 Å². The van der Waals surface area contributed by atoms with E-state index in [1.54, 1.807) is 14.2 Å². The molecule has 1 N–H and O–H groups in total. The van der Waals surface area contributed by atoms with E-state index in [0.717, 1.165) is 17.3 Å². The van der Waals surface area contributed by atoms with E-state index in [-0.39, 0.29) is 11.9 Å². The topological polar surface area (TPSA) is 65.4 Å². The van der Waals surface area contributed by atoms with Crippen molar-refractivity contribution in [1.82, 2.24) is 14.9 Å². The summed E-state index contributed by atoms with van der Waals surface area (Å²) in [5.41, 5.74) is 1.24. The molecule has 2 unspecified atom stereocenters. The molecule has 0 aliphatic heterocycles. The molecule has 2 aromatic rings. The fourth-order valence-electron chi connectivity index (χ4n) is 5.67. The van der Waals surface area contributed by atoms with Crippen LogP contribution < -0.4 is 14.8 Å². The Hall–Kier alpha value is -2.50. The van der Waals surface area contributed by atoms with E-state index in [0.29, 0.717) is 36.6 Å². The van der Waals surface area contributed by atoms with Crippen LogP contribution in [0.25, 0.3) is 0 Å². The molecule has 2 aliphatic carbocycles. The summed E-state index contributed by atoms with van der Waals surface area (Å²) in [6.45, 7) is 4.93. The van der Waals surface area contributed by atoms with Gasteiger partial charge in [0.25, 0.3) is 0 Å². The van der Waals surface area contributed by atoms with E-state index in [9.17, 15) is 4.79 Å². The van der Waals surface area contributed by atoms with Gasteiger partial charge < -0.3 is 19.4 Å². The summed E-state index contributed by atoms with van der Waals surface area (Å²) >= 11 is 0. The third-order valence-electron chi connectivity index (χ3n) is 7.15. The minimum Gasteiger partial charge on any atom is -0.493 e. The highest BCUT2D eigenvalue weighted by atomic mass is 16.5. The maximum Gasteiger partial charge on any atom is 0.222 e. The first-order chi connectivity index (χ1) is 15.0. The molecule has 31 heavy (non-hydrogen) atoms. The highest BCUT2D eigenvalue weighted by Gasteiger charge is 2.51. The number of aryl methyl sites for hydroxylation is 1. The van der Waals surface area contributed by atoms with E-state index in [1.807, 2.05) is 18.5 Å². The zero-order valence-electron chi connectivity index (χ0n) is 19.1. The van der Waals surface area contributed by atoms with E-state index >= 15 is 0 Å². The molecule has 2 fully saturated rings. The first-order valence-corrected chi connectivity index (χ1v) is 11.6. The van der Waals surface area contributed by atoms with Crippen molar-refractivity contribution in [3.05, 3.63) is 42.0 Å². The Balaban J connectivity index is 1.46. The molecule has 1 aromatic carbocycles. The van der Waals surface area contributed by atoms with Gasteiger partial charge in [-0.1, -0.05) is 32.8 Å². The summed E-state index contributed by atoms with van der Waals surface area (Å²) < 4.78 is 13.0. The maximum atomic E-state index is 12.9. The number of imidazole rings is 1. The number of amides is 1. The zero-order valence-corrected chi connectivity index (χ0v) is 19.1. The van der Waals surface area contributed by atoms with Gasteiger partial charge in [-0.05, 0) is 42.4 Å². The first-order valence-electron chi connectivity index (χ1n) is 11.6. The van der Waals surface area contributed by atoms with Crippen LogP contribution in [0.5, 0.6) is 11.5 Å². The molecule has 6 nitrogen and oxygen atoms in total. The van der Waals surface area contributed by atoms with Crippen molar-refractivity contribution in [2.24, 2.45) is 11.8 Å². The molecule has 2 aliphatic rings. The third kappa shape index (κ3) is 4.30. The molecule has 2 saturated carbocycles. The predicted molar refractivity (Wildman–Crippen MR) is 121 cm³/mol. The van der Waals surface area contributed by atoms with Crippen LogP contribution >= 0.6 is 0 Å². The van der Waals surface area contributed by atoms with Gasteiger partial charge >= 0.3 is 0 Å². The summed E-state index contributed by atoms with van der Waals surface area (Å²) in [4.78, 5) is 17.3. The molecule has 4 atom stereocenters. The Labute approximate surface area is 185 Å². The molecule has 1 amide bonds. The molecule has 0 bridgehead atoms. The van der Waals surface area contributed by atoms with E-state index in [4.69, 9.17) is 9.47 Å². The number of hydrogen-bond acceptors (Lipinski definition) is 4. The summed E-state index contributed by atoms with van der Waals surface area (Å²) in [5, 5.41) is 3.40. The quantitative estimate of drug-likeness (QED) is 0.676. The number of ether oxygens (including phenoxy) is 2. The number of carbonyl (C=O) groups excluding carboxylic acids is 1. The van der Waals surface area contributed by atoms with Crippen molar-refractivity contribution >= 4 is 5.91 Å². The second-order valence-corrected chi connectivity index (χ2v) is 9.23. The second-order valence-electron chi connectivity index (χ2n) is 9.23. The van der Waals surface area contributed by atoms with Crippen LogP contribution in [0.15, 0.2) is 30.6 Å². The Bertz CT molecular complexity index is 907. The number of benzene rings is 1.